The van der Waals surface area contributed by atoms with E-state index in [4.69, 9.17) is 0 Å². The molecule has 7 nitrogen and oxygen atoms in total. The molecule has 1 fully saturated rings. The van der Waals surface area contributed by atoms with Gasteiger partial charge in [0.25, 0.3) is 0 Å². The molecule has 0 atom stereocenters. The number of nitrogens with zero attached hydrogens (tertiary/aromatic N) is 3. The summed E-state index contributed by atoms with van der Waals surface area (Å²) in [5.74, 6) is -0.294. The molecule has 7 heteroatoms. The fourth-order valence-electron chi connectivity index (χ4n) is 2.90. The molecule has 0 bridgehead atoms. The molecular formula is C18H28N4O3. The monoisotopic (exact) mass is 348 g/mol. The minimum Gasteiger partial charge on any atom is -0.469 e. The molecule has 25 heavy (non-hydrogen) atoms. The summed E-state index contributed by atoms with van der Waals surface area (Å²) >= 11 is 0. The Labute approximate surface area is 149 Å². The van der Waals surface area contributed by atoms with Gasteiger partial charge in [0.05, 0.1) is 13.5 Å². The van der Waals surface area contributed by atoms with Gasteiger partial charge in [-0.15, -0.1) is 0 Å². The van der Waals surface area contributed by atoms with E-state index in [-0.39, 0.29) is 18.3 Å². The van der Waals surface area contributed by atoms with Gasteiger partial charge in [-0.25, -0.2) is 0 Å². The van der Waals surface area contributed by atoms with Crippen molar-refractivity contribution in [2.24, 2.45) is 0 Å². The molecule has 0 aliphatic carbocycles. The summed E-state index contributed by atoms with van der Waals surface area (Å²) in [6.07, 6.45) is 6.28. The smallest absolute Gasteiger partial charge is 0.307 e. The number of hydrogen-bond donors (Lipinski definition) is 1. The van der Waals surface area contributed by atoms with Crippen molar-refractivity contribution in [2.75, 3.05) is 51.3 Å². The van der Waals surface area contributed by atoms with Crippen LogP contribution in [0.5, 0.6) is 0 Å². The third-order valence-electron chi connectivity index (χ3n) is 4.41. The van der Waals surface area contributed by atoms with E-state index >= 15 is 0 Å². The zero-order valence-corrected chi connectivity index (χ0v) is 14.9. The van der Waals surface area contributed by atoms with Crippen molar-refractivity contribution in [3.63, 3.8) is 0 Å². The van der Waals surface area contributed by atoms with Gasteiger partial charge in [0.1, 0.15) is 0 Å². The van der Waals surface area contributed by atoms with Gasteiger partial charge in [-0.2, -0.15) is 0 Å². The quantitative estimate of drug-likeness (QED) is 0.531. The molecule has 1 aromatic rings. The van der Waals surface area contributed by atoms with Gasteiger partial charge in [0, 0.05) is 57.2 Å². The average molecular weight is 348 g/mol. The molecule has 1 saturated heterocycles. The van der Waals surface area contributed by atoms with Gasteiger partial charge in [-0.3, -0.25) is 19.5 Å². The summed E-state index contributed by atoms with van der Waals surface area (Å²) in [5.41, 5.74) is 1.23. The average Bonchev–Trinajstić information content (AvgIpc) is 2.66. The van der Waals surface area contributed by atoms with Crippen LogP contribution in [0.3, 0.4) is 0 Å². The van der Waals surface area contributed by atoms with Crippen LogP contribution in [0, 0.1) is 0 Å². The van der Waals surface area contributed by atoms with E-state index in [1.54, 1.807) is 0 Å². The molecule has 1 amide bonds. The Balaban J connectivity index is 1.52. The highest BCUT2D eigenvalue weighted by molar-refractivity contribution is 5.76. The standard InChI is InChI=1S/C18H28N4O3/c1-25-18(24)7-10-20-17(23)4-2-3-11-21-12-14-22(15-13-21)16-5-8-19-9-6-16/h5-6,8-9H,2-4,7,10-15H2,1H3,(H,20,23). The van der Waals surface area contributed by atoms with Crippen LogP contribution in [0.25, 0.3) is 0 Å². The molecule has 0 radical (unpaired) electrons. The number of unbranched alkanes of at least 4 members (excludes halogenated alkanes) is 1. The fraction of sp³-hybridized carbons (Fsp3) is 0.611. The molecule has 1 aliphatic rings. The lowest BCUT2D eigenvalue weighted by Crippen LogP contribution is -2.46. The Morgan fingerprint density at radius 3 is 2.52 bits per heavy atom. The predicted molar refractivity (Wildman–Crippen MR) is 96.4 cm³/mol. The van der Waals surface area contributed by atoms with Crippen LogP contribution in [0.15, 0.2) is 24.5 Å². The molecule has 0 unspecified atom stereocenters. The number of esters is 1. The highest BCUT2D eigenvalue weighted by Gasteiger charge is 2.16. The Bertz CT molecular complexity index is 530. The molecule has 1 aromatic heterocycles. The highest BCUT2D eigenvalue weighted by atomic mass is 16.5. The van der Waals surface area contributed by atoms with Gasteiger partial charge in [0.2, 0.25) is 5.91 Å². The van der Waals surface area contributed by atoms with E-state index < -0.39 is 0 Å². The Hall–Kier alpha value is -2.15. The topological polar surface area (TPSA) is 74.8 Å². The molecular weight excluding hydrogens is 320 g/mol. The van der Waals surface area contributed by atoms with Crippen molar-refractivity contribution in [2.45, 2.75) is 25.7 Å². The summed E-state index contributed by atoms with van der Waals surface area (Å²) < 4.78 is 4.53. The molecule has 0 spiro atoms. The SMILES string of the molecule is COC(=O)CCNC(=O)CCCCN1CCN(c2ccncc2)CC1. The first-order valence-corrected chi connectivity index (χ1v) is 8.90. The largest absolute Gasteiger partial charge is 0.469 e. The molecule has 0 aromatic carbocycles. The van der Waals surface area contributed by atoms with E-state index in [0.717, 1.165) is 45.6 Å². The maximum Gasteiger partial charge on any atom is 0.307 e. The second kappa shape index (κ2) is 10.7. The molecule has 138 valence electrons. The summed E-state index contributed by atoms with van der Waals surface area (Å²) in [5, 5.41) is 2.75. The third kappa shape index (κ3) is 7.09. The van der Waals surface area contributed by atoms with Crippen molar-refractivity contribution in [1.29, 1.82) is 0 Å². The zero-order chi connectivity index (χ0) is 17.9. The van der Waals surface area contributed by atoms with E-state index in [2.05, 4.69) is 37.0 Å². The number of pyridine rings is 1. The van der Waals surface area contributed by atoms with Crippen LogP contribution in [0.1, 0.15) is 25.7 Å². The first kappa shape index (κ1) is 19.2. The Morgan fingerprint density at radius 2 is 1.84 bits per heavy atom. The van der Waals surface area contributed by atoms with Crippen LogP contribution >= 0.6 is 0 Å². The van der Waals surface area contributed by atoms with Gasteiger partial charge >= 0.3 is 5.97 Å². The van der Waals surface area contributed by atoms with Crippen LogP contribution in [0.4, 0.5) is 5.69 Å². The van der Waals surface area contributed by atoms with E-state index in [1.807, 2.05) is 12.4 Å². The van der Waals surface area contributed by atoms with Gasteiger partial charge in [0.15, 0.2) is 0 Å². The second-order valence-corrected chi connectivity index (χ2v) is 6.17. The van der Waals surface area contributed by atoms with E-state index in [0.29, 0.717) is 13.0 Å². The van der Waals surface area contributed by atoms with Gasteiger partial charge in [-0.05, 0) is 31.5 Å². The number of hydrogen-bond acceptors (Lipinski definition) is 6. The van der Waals surface area contributed by atoms with Crippen molar-refractivity contribution >= 4 is 17.6 Å². The number of piperazine rings is 1. The maximum atomic E-state index is 11.7. The minimum atomic E-state index is -0.300. The lowest BCUT2D eigenvalue weighted by atomic mass is 10.2. The Morgan fingerprint density at radius 1 is 1.12 bits per heavy atom. The summed E-state index contributed by atoms with van der Waals surface area (Å²) in [6.45, 7) is 5.53. The first-order chi connectivity index (χ1) is 12.2. The van der Waals surface area contributed by atoms with Crippen LogP contribution in [-0.2, 0) is 14.3 Å². The van der Waals surface area contributed by atoms with Crippen molar-refractivity contribution < 1.29 is 14.3 Å². The summed E-state index contributed by atoms with van der Waals surface area (Å²) in [7, 11) is 1.35. The lowest BCUT2D eigenvalue weighted by molar-refractivity contribution is -0.140. The normalized spacial score (nSPS) is 15.0. The number of aromatic nitrogens is 1. The number of carbonyl (C=O) groups excluding carboxylic acids is 2. The molecule has 2 rings (SSSR count). The number of amides is 1. The van der Waals surface area contributed by atoms with Gasteiger partial charge in [-0.1, -0.05) is 0 Å². The van der Waals surface area contributed by atoms with E-state index in [1.165, 1.54) is 12.8 Å². The van der Waals surface area contributed by atoms with Crippen LogP contribution in [0.2, 0.25) is 0 Å². The highest BCUT2D eigenvalue weighted by Crippen LogP contribution is 2.15. The zero-order valence-electron chi connectivity index (χ0n) is 14.9. The van der Waals surface area contributed by atoms with Crippen LogP contribution < -0.4 is 10.2 Å². The molecule has 1 N–H and O–H groups in total. The molecule has 2 heterocycles. The fourth-order valence-corrected chi connectivity index (χ4v) is 2.90. The number of rotatable bonds is 9. The lowest BCUT2D eigenvalue weighted by Gasteiger charge is -2.36. The second-order valence-electron chi connectivity index (χ2n) is 6.17. The number of ether oxygens (including phenoxy) is 1. The molecule has 0 saturated carbocycles. The van der Waals surface area contributed by atoms with Gasteiger partial charge < -0.3 is 15.0 Å². The number of carbonyl (C=O) groups is 2. The number of methoxy groups -OCH3 is 1. The molecule has 1 aliphatic heterocycles. The Kier molecular flexibility index (Phi) is 8.18. The summed E-state index contributed by atoms with van der Waals surface area (Å²) in [6, 6.07) is 4.10. The maximum absolute atomic E-state index is 11.7. The van der Waals surface area contributed by atoms with Crippen molar-refractivity contribution in [3.05, 3.63) is 24.5 Å². The van der Waals surface area contributed by atoms with Crippen molar-refractivity contribution in [3.8, 4) is 0 Å². The third-order valence-corrected chi connectivity index (χ3v) is 4.41. The van der Waals surface area contributed by atoms with E-state index in [9.17, 15) is 9.59 Å². The predicted octanol–water partition coefficient (Wildman–Crippen LogP) is 1.05. The first-order valence-electron chi connectivity index (χ1n) is 8.90. The van der Waals surface area contributed by atoms with Crippen LogP contribution in [-0.4, -0.2) is 68.1 Å². The number of anilines is 1. The minimum absolute atomic E-state index is 0.00593. The number of nitrogens with one attached hydrogen (secondary N) is 1. The summed E-state index contributed by atoms with van der Waals surface area (Å²) in [4.78, 5) is 31.5. The van der Waals surface area contributed by atoms with Crippen molar-refractivity contribution in [1.82, 2.24) is 15.2 Å².